The van der Waals surface area contributed by atoms with Gasteiger partial charge >= 0.3 is 0 Å². The normalized spacial score (nSPS) is 25.1. The van der Waals surface area contributed by atoms with E-state index in [-0.39, 0.29) is 0 Å². The van der Waals surface area contributed by atoms with Gasteiger partial charge in [0.1, 0.15) is 16.2 Å². The van der Waals surface area contributed by atoms with Crippen LogP contribution in [0.1, 0.15) is 12.7 Å². The highest BCUT2D eigenvalue weighted by atomic mass is 79.9. The zero-order chi connectivity index (χ0) is 11.7. The van der Waals surface area contributed by atoms with Crippen LogP contribution in [0.25, 0.3) is 0 Å². The molecule has 0 aromatic carbocycles. The summed E-state index contributed by atoms with van der Waals surface area (Å²) in [7, 11) is 0. The van der Waals surface area contributed by atoms with Crippen LogP contribution in [-0.2, 0) is 6.42 Å². The minimum Gasteiger partial charge on any atom is -0.389 e. The van der Waals surface area contributed by atoms with Crippen LogP contribution < -0.4 is 4.90 Å². The lowest BCUT2D eigenvalue weighted by Gasteiger charge is -2.17. The molecule has 2 unspecified atom stereocenters. The molecule has 2 N–H and O–H groups in total. The number of aryl methyl sites for hydroxylation is 1. The fraction of sp³-hybridized carbons (Fsp3) is 0.600. The van der Waals surface area contributed by atoms with Gasteiger partial charge in [0.05, 0.1) is 12.2 Å². The molecule has 0 spiro atoms. The van der Waals surface area contributed by atoms with Gasteiger partial charge in [-0.1, -0.05) is 6.92 Å². The van der Waals surface area contributed by atoms with Crippen LogP contribution in [0.15, 0.2) is 10.7 Å². The third-order valence-corrected chi connectivity index (χ3v) is 3.03. The average molecular weight is 288 g/mol. The second kappa shape index (κ2) is 4.65. The topological polar surface area (TPSA) is 69.5 Å². The van der Waals surface area contributed by atoms with Gasteiger partial charge in [-0.15, -0.1) is 0 Å². The van der Waals surface area contributed by atoms with Gasteiger partial charge in [0.15, 0.2) is 0 Å². The summed E-state index contributed by atoms with van der Waals surface area (Å²) in [5, 5.41) is 19.0. The molecule has 0 saturated carbocycles. The summed E-state index contributed by atoms with van der Waals surface area (Å²) >= 11 is 3.33. The number of aliphatic hydroxyl groups excluding tert-OH is 2. The fourth-order valence-electron chi connectivity index (χ4n) is 1.73. The van der Waals surface area contributed by atoms with Crippen molar-refractivity contribution in [2.24, 2.45) is 0 Å². The average Bonchev–Trinajstić information content (AvgIpc) is 2.58. The van der Waals surface area contributed by atoms with E-state index in [1.165, 1.54) is 0 Å². The van der Waals surface area contributed by atoms with E-state index in [0.717, 1.165) is 22.7 Å². The van der Waals surface area contributed by atoms with Crippen molar-refractivity contribution in [3.05, 3.63) is 16.5 Å². The van der Waals surface area contributed by atoms with Gasteiger partial charge in [0, 0.05) is 25.6 Å². The Hall–Kier alpha value is -0.720. The van der Waals surface area contributed by atoms with E-state index < -0.39 is 12.2 Å². The molecule has 2 atom stereocenters. The number of hydrogen-bond acceptors (Lipinski definition) is 5. The summed E-state index contributed by atoms with van der Waals surface area (Å²) in [6.45, 7) is 2.81. The number of aromatic nitrogens is 2. The lowest BCUT2D eigenvalue weighted by Crippen LogP contribution is -2.22. The van der Waals surface area contributed by atoms with Crippen molar-refractivity contribution >= 4 is 21.7 Å². The molecule has 0 bridgehead atoms. The Bertz CT molecular complexity index is 378. The molecule has 16 heavy (non-hydrogen) atoms. The van der Waals surface area contributed by atoms with Crippen molar-refractivity contribution in [2.45, 2.75) is 25.6 Å². The van der Waals surface area contributed by atoms with Crippen molar-refractivity contribution in [1.82, 2.24) is 9.97 Å². The maximum atomic E-state index is 9.48. The monoisotopic (exact) mass is 287 g/mol. The summed E-state index contributed by atoms with van der Waals surface area (Å²) in [6, 6.07) is 1.80. The number of aliphatic hydroxyl groups is 2. The van der Waals surface area contributed by atoms with Gasteiger partial charge in [0.25, 0.3) is 0 Å². The Labute approximate surface area is 102 Å². The van der Waals surface area contributed by atoms with E-state index in [9.17, 15) is 10.2 Å². The molecule has 1 aliphatic heterocycles. The smallest absolute Gasteiger partial charge is 0.133 e. The van der Waals surface area contributed by atoms with Crippen molar-refractivity contribution in [3.63, 3.8) is 0 Å². The van der Waals surface area contributed by atoms with E-state index in [2.05, 4.69) is 25.9 Å². The number of nitrogens with zero attached hydrogens (tertiary/aromatic N) is 3. The highest BCUT2D eigenvalue weighted by Gasteiger charge is 2.30. The molecule has 1 saturated heterocycles. The molecule has 1 aromatic heterocycles. The molecule has 1 aliphatic rings. The Balaban J connectivity index is 2.24. The van der Waals surface area contributed by atoms with Crippen LogP contribution >= 0.6 is 15.9 Å². The first-order valence-electron chi connectivity index (χ1n) is 5.24. The highest BCUT2D eigenvalue weighted by Crippen LogP contribution is 2.21. The first kappa shape index (κ1) is 11.8. The minimum atomic E-state index is -0.696. The summed E-state index contributed by atoms with van der Waals surface area (Å²) in [6.07, 6.45) is -0.636. The van der Waals surface area contributed by atoms with Crippen LogP contribution in [0.4, 0.5) is 5.82 Å². The predicted molar refractivity (Wildman–Crippen MR) is 63.3 cm³/mol. The number of anilines is 1. The van der Waals surface area contributed by atoms with Gasteiger partial charge in [-0.25, -0.2) is 9.97 Å². The summed E-state index contributed by atoms with van der Waals surface area (Å²) in [5.41, 5.74) is 0. The van der Waals surface area contributed by atoms with Crippen molar-refractivity contribution in [2.75, 3.05) is 18.0 Å². The predicted octanol–water partition coefficient (Wildman–Crippen LogP) is 0.343. The second-order valence-electron chi connectivity index (χ2n) is 3.86. The Morgan fingerprint density at radius 3 is 2.56 bits per heavy atom. The maximum absolute atomic E-state index is 9.48. The minimum absolute atomic E-state index is 0.410. The molecule has 88 valence electrons. The number of rotatable bonds is 2. The van der Waals surface area contributed by atoms with Gasteiger partial charge in [0.2, 0.25) is 0 Å². The van der Waals surface area contributed by atoms with Gasteiger partial charge in [-0.2, -0.15) is 0 Å². The molecule has 2 heterocycles. The number of hydrogen-bond donors (Lipinski definition) is 2. The van der Waals surface area contributed by atoms with Crippen molar-refractivity contribution in [1.29, 1.82) is 0 Å². The van der Waals surface area contributed by atoms with Crippen molar-refractivity contribution in [3.8, 4) is 0 Å². The molecule has 0 amide bonds. The first-order chi connectivity index (χ1) is 7.60. The number of halogens is 1. The Morgan fingerprint density at radius 2 is 2.00 bits per heavy atom. The third-order valence-electron chi connectivity index (χ3n) is 2.63. The first-order valence-corrected chi connectivity index (χ1v) is 6.04. The van der Waals surface area contributed by atoms with Gasteiger partial charge < -0.3 is 15.1 Å². The van der Waals surface area contributed by atoms with Crippen LogP contribution in [0.5, 0.6) is 0 Å². The highest BCUT2D eigenvalue weighted by molar-refractivity contribution is 9.10. The van der Waals surface area contributed by atoms with Crippen LogP contribution in [0.3, 0.4) is 0 Å². The maximum Gasteiger partial charge on any atom is 0.133 e. The molecule has 5 nitrogen and oxygen atoms in total. The lowest BCUT2D eigenvalue weighted by molar-refractivity contribution is 0.0572. The SMILES string of the molecule is CCc1nc(Br)cc(N2CC(O)C(O)C2)n1. The summed E-state index contributed by atoms with van der Waals surface area (Å²) in [4.78, 5) is 10.4. The zero-order valence-corrected chi connectivity index (χ0v) is 10.6. The molecular formula is C10H14BrN3O2. The van der Waals surface area contributed by atoms with Crippen molar-refractivity contribution < 1.29 is 10.2 Å². The van der Waals surface area contributed by atoms with Crippen LogP contribution in [-0.4, -0.2) is 45.5 Å². The summed E-state index contributed by atoms with van der Waals surface area (Å²) < 4.78 is 0.727. The molecule has 2 rings (SSSR count). The number of β-amino-alcohol motifs (C(OH)–C–C–N with tert-alkyl or cyclic N) is 2. The largest absolute Gasteiger partial charge is 0.389 e. The van der Waals surface area contributed by atoms with Crippen LogP contribution in [0, 0.1) is 0 Å². The third kappa shape index (κ3) is 2.34. The Kier molecular flexibility index (Phi) is 3.41. The quantitative estimate of drug-likeness (QED) is 0.768. The molecule has 0 radical (unpaired) electrons. The van der Waals surface area contributed by atoms with E-state index in [0.29, 0.717) is 13.1 Å². The fourth-order valence-corrected chi connectivity index (χ4v) is 2.14. The molecular weight excluding hydrogens is 274 g/mol. The zero-order valence-electron chi connectivity index (χ0n) is 8.97. The van der Waals surface area contributed by atoms with Gasteiger partial charge in [-0.05, 0) is 15.9 Å². The van der Waals surface area contributed by atoms with Gasteiger partial charge in [-0.3, -0.25) is 0 Å². The summed E-state index contributed by atoms with van der Waals surface area (Å²) in [5.74, 6) is 1.49. The second-order valence-corrected chi connectivity index (χ2v) is 4.67. The van der Waals surface area contributed by atoms with E-state index >= 15 is 0 Å². The van der Waals surface area contributed by atoms with E-state index in [1.807, 2.05) is 11.8 Å². The molecule has 6 heteroatoms. The lowest BCUT2D eigenvalue weighted by atomic mass is 10.3. The molecule has 1 aromatic rings. The van der Waals surface area contributed by atoms with E-state index in [1.54, 1.807) is 6.07 Å². The van der Waals surface area contributed by atoms with E-state index in [4.69, 9.17) is 0 Å². The molecule has 1 fully saturated rings. The molecule has 0 aliphatic carbocycles. The Morgan fingerprint density at radius 1 is 1.38 bits per heavy atom. The van der Waals surface area contributed by atoms with Crippen LogP contribution in [0.2, 0.25) is 0 Å². The standard InChI is InChI=1S/C10H14BrN3O2/c1-2-9-12-8(11)3-10(13-9)14-4-6(15)7(16)5-14/h3,6-7,15-16H,2,4-5H2,1H3.